The van der Waals surface area contributed by atoms with Crippen LogP contribution in [-0.2, 0) is 17.8 Å². The van der Waals surface area contributed by atoms with Gasteiger partial charge in [-0.05, 0) is 39.0 Å². The molecule has 1 atom stereocenters. The number of aliphatic hydroxyl groups is 1. The molecule has 2 aromatic carbocycles. The van der Waals surface area contributed by atoms with Gasteiger partial charge in [-0.3, -0.25) is 9.59 Å². The summed E-state index contributed by atoms with van der Waals surface area (Å²) in [7, 11) is 0. The smallest absolute Gasteiger partial charge is 0.248 e. The number of β-amino-alcohol motifs (C(OH)–C–C–N with tert-alkyl or cyclic N) is 1. The van der Waals surface area contributed by atoms with Gasteiger partial charge >= 0.3 is 0 Å². The number of fused-ring (bicyclic) bond motifs is 1. The number of hydrogen-bond donors (Lipinski definition) is 2. The van der Waals surface area contributed by atoms with Gasteiger partial charge in [-0.15, -0.1) is 0 Å². The lowest BCUT2D eigenvalue weighted by molar-refractivity contribution is -0.135. The van der Waals surface area contributed by atoms with Crippen molar-refractivity contribution >= 4 is 11.8 Å². The number of rotatable bonds is 4. The maximum Gasteiger partial charge on any atom is 0.248 e. The number of primary amides is 1. The summed E-state index contributed by atoms with van der Waals surface area (Å²) in [5.74, 6) is 0.259. The number of hydrogen-bond acceptors (Lipinski definition) is 5. The van der Waals surface area contributed by atoms with Crippen LogP contribution < -0.4 is 15.2 Å². The molecule has 2 aromatic rings. The van der Waals surface area contributed by atoms with Gasteiger partial charge in [0.25, 0.3) is 0 Å². The third-order valence-electron chi connectivity index (χ3n) is 4.44. The second kappa shape index (κ2) is 8.13. The van der Waals surface area contributed by atoms with Crippen molar-refractivity contribution in [2.45, 2.75) is 45.6 Å². The van der Waals surface area contributed by atoms with Crippen LogP contribution in [0.3, 0.4) is 0 Å². The van der Waals surface area contributed by atoms with Gasteiger partial charge in [-0.1, -0.05) is 24.3 Å². The van der Waals surface area contributed by atoms with Gasteiger partial charge in [0.05, 0.1) is 13.0 Å². The molecule has 3 N–H and O–H groups in total. The van der Waals surface area contributed by atoms with Gasteiger partial charge in [-0.2, -0.15) is 0 Å². The molecular weight excluding hydrogens is 372 g/mol. The number of carbonyl (C=O) groups excluding carboxylic acids is 2. The second-order valence-corrected chi connectivity index (χ2v) is 8.03. The van der Waals surface area contributed by atoms with Crippen LogP contribution >= 0.6 is 0 Å². The SMILES string of the molecule is CC(C)(C)Oc1ccccc1CC(=O)N1Cc2ccc(C(N)=O)cc2OC(O)C1. The van der Waals surface area contributed by atoms with Crippen LogP contribution in [0.25, 0.3) is 0 Å². The van der Waals surface area contributed by atoms with Crippen LogP contribution in [-0.4, -0.2) is 40.3 Å². The van der Waals surface area contributed by atoms with E-state index in [2.05, 4.69) is 0 Å². The summed E-state index contributed by atoms with van der Waals surface area (Å²) < 4.78 is 11.5. The number of aliphatic hydroxyl groups excluding tert-OH is 1. The molecule has 0 bridgehead atoms. The summed E-state index contributed by atoms with van der Waals surface area (Å²) in [4.78, 5) is 25.9. The Morgan fingerprint density at radius 1 is 1.24 bits per heavy atom. The Kier molecular flexibility index (Phi) is 5.79. The Balaban J connectivity index is 1.81. The van der Waals surface area contributed by atoms with E-state index in [9.17, 15) is 14.7 Å². The fourth-order valence-corrected chi connectivity index (χ4v) is 3.13. The van der Waals surface area contributed by atoms with Crippen LogP contribution in [0, 0.1) is 0 Å². The highest BCUT2D eigenvalue weighted by Crippen LogP contribution is 2.28. The molecule has 0 spiro atoms. The van der Waals surface area contributed by atoms with Crippen LogP contribution in [0.4, 0.5) is 0 Å². The third-order valence-corrected chi connectivity index (χ3v) is 4.44. The molecule has 0 radical (unpaired) electrons. The fraction of sp³-hybridized carbons (Fsp3) is 0.364. The number of benzene rings is 2. The quantitative estimate of drug-likeness (QED) is 0.822. The summed E-state index contributed by atoms with van der Waals surface area (Å²) in [5, 5.41) is 10.2. The number of nitrogens with zero attached hydrogens (tertiary/aromatic N) is 1. The van der Waals surface area contributed by atoms with Gasteiger partial charge in [0, 0.05) is 23.2 Å². The standard InChI is InChI=1S/C22H26N2O5/c1-22(2,3)29-17-7-5-4-6-14(17)11-19(25)24-12-16-9-8-15(21(23)27)10-18(16)28-20(26)13-24/h4-10,20,26H,11-13H2,1-3H3,(H2,23,27). The van der Waals surface area contributed by atoms with E-state index in [0.717, 1.165) is 5.56 Å². The summed E-state index contributed by atoms with van der Waals surface area (Å²) >= 11 is 0. The second-order valence-electron chi connectivity index (χ2n) is 8.03. The highest BCUT2D eigenvalue weighted by molar-refractivity contribution is 5.93. The summed E-state index contributed by atoms with van der Waals surface area (Å²) in [6, 6.07) is 12.2. The Morgan fingerprint density at radius 2 is 1.97 bits per heavy atom. The van der Waals surface area contributed by atoms with Crippen molar-refractivity contribution in [3.8, 4) is 11.5 Å². The van der Waals surface area contributed by atoms with Gasteiger partial charge in [-0.25, -0.2) is 0 Å². The van der Waals surface area contributed by atoms with Crippen molar-refractivity contribution in [3.63, 3.8) is 0 Å². The summed E-state index contributed by atoms with van der Waals surface area (Å²) in [6.45, 7) is 6.12. The van der Waals surface area contributed by atoms with E-state index >= 15 is 0 Å². The van der Waals surface area contributed by atoms with Crippen LogP contribution in [0.5, 0.6) is 11.5 Å². The van der Waals surface area contributed by atoms with Crippen molar-refractivity contribution < 1.29 is 24.2 Å². The predicted octanol–water partition coefficient (Wildman–Crippen LogP) is 2.24. The average Bonchev–Trinajstić information content (AvgIpc) is 2.79. The van der Waals surface area contributed by atoms with Crippen LogP contribution in [0.2, 0.25) is 0 Å². The molecule has 0 aliphatic carbocycles. The van der Waals surface area contributed by atoms with Crippen molar-refractivity contribution in [2.24, 2.45) is 5.73 Å². The minimum absolute atomic E-state index is 0.0156. The first kappa shape index (κ1) is 20.7. The molecule has 29 heavy (non-hydrogen) atoms. The first-order valence-electron chi connectivity index (χ1n) is 9.44. The van der Waals surface area contributed by atoms with Crippen LogP contribution in [0.15, 0.2) is 42.5 Å². The summed E-state index contributed by atoms with van der Waals surface area (Å²) in [6.07, 6.45) is -1.07. The number of nitrogens with two attached hydrogens (primary N) is 1. The maximum absolute atomic E-state index is 13.0. The molecule has 0 saturated heterocycles. The molecule has 0 saturated carbocycles. The number of carbonyl (C=O) groups is 2. The number of ether oxygens (including phenoxy) is 2. The highest BCUT2D eigenvalue weighted by atomic mass is 16.6. The Bertz CT molecular complexity index is 920. The topological polar surface area (TPSA) is 102 Å². The molecule has 1 unspecified atom stereocenters. The Hall–Kier alpha value is -3.06. The molecule has 1 heterocycles. The molecule has 0 fully saturated rings. The minimum Gasteiger partial charge on any atom is -0.488 e. The first-order chi connectivity index (χ1) is 13.6. The Morgan fingerprint density at radius 3 is 2.66 bits per heavy atom. The van der Waals surface area contributed by atoms with Crippen molar-refractivity contribution in [1.82, 2.24) is 4.90 Å². The average molecular weight is 398 g/mol. The van der Waals surface area contributed by atoms with E-state index < -0.39 is 12.2 Å². The lowest BCUT2D eigenvalue weighted by Crippen LogP contribution is -2.38. The van der Waals surface area contributed by atoms with Gasteiger partial charge in [0.2, 0.25) is 18.1 Å². The zero-order valence-electron chi connectivity index (χ0n) is 16.8. The van der Waals surface area contributed by atoms with Crippen molar-refractivity contribution in [2.75, 3.05) is 6.54 Å². The zero-order chi connectivity index (χ0) is 21.2. The molecule has 154 valence electrons. The largest absolute Gasteiger partial charge is 0.488 e. The molecule has 7 heteroatoms. The molecular formula is C22H26N2O5. The first-order valence-corrected chi connectivity index (χ1v) is 9.44. The number of amides is 2. The van der Waals surface area contributed by atoms with Gasteiger partial charge < -0.3 is 25.2 Å². The Labute approximate surface area is 170 Å². The van der Waals surface area contributed by atoms with Crippen molar-refractivity contribution in [3.05, 3.63) is 59.2 Å². The van der Waals surface area contributed by atoms with Gasteiger partial charge in [0.1, 0.15) is 17.1 Å². The lowest BCUT2D eigenvalue weighted by atomic mass is 10.1. The third kappa shape index (κ3) is 5.26. The predicted molar refractivity (Wildman–Crippen MR) is 108 cm³/mol. The van der Waals surface area contributed by atoms with Crippen LogP contribution in [0.1, 0.15) is 42.3 Å². The van der Waals surface area contributed by atoms with E-state index in [1.807, 2.05) is 45.0 Å². The van der Waals surface area contributed by atoms with Gasteiger partial charge in [0.15, 0.2) is 0 Å². The highest BCUT2D eigenvalue weighted by Gasteiger charge is 2.26. The van der Waals surface area contributed by atoms with E-state index in [0.29, 0.717) is 17.1 Å². The van der Waals surface area contributed by atoms with E-state index in [4.69, 9.17) is 15.2 Å². The normalized spacial score (nSPS) is 16.4. The van der Waals surface area contributed by atoms with Crippen molar-refractivity contribution in [1.29, 1.82) is 0 Å². The van der Waals surface area contributed by atoms with E-state index in [1.165, 1.54) is 11.0 Å². The molecule has 1 aliphatic rings. The molecule has 1 aliphatic heterocycles. The monoisotopic (exact) mass is 398 g/mol. The zero-order valence-corrected chi connectivity index (χ0v) is 16.8. The molecule has 7 nitrogen and oxygen atoms in total. The molecule has 3 rings (SSSR count). The fourth-order valence-electron chi connectivity index (χ4n) is 3.13. The van der Waals surface area contributed by atoms with E-state index in [-0.39, 0.29) is 36.6 Å². The maximum atomic E-state index is 13.0. The number of para-hydroxylation sites is 1. The lowest BCUT2D eigenvalue weighted by Gasteiger charge is -2.25. The van der Waals surface area contributed by atoms with E-state index in [1.54, 1.807) is 12.1 Å². The molecule has 2 amide bonds. The molecule has 0 aromatic heterocycles. The minimum atomic E-state index is -1.20. The summed E-state index contributed by atoms with van der Waals surface area (Å²) in [5.41, 5.74) is 6.67.